The van der Waals surface area contributed by atoms with Crippen LogP contribution in [0.4, 0.5) is 13.2 Å². The van der Waals surface area contributed by atoms with Gasteiger partial charge in [0.15, 0.2) is 0 Å². The van der Waals surface area contributed by atoms with E-state index in [9.17, 15) is 27.6 Å². The minimum absolute atomic E-state index is 0.0244. The maximum absolute atomic E-state index is 14.2. The van der Waals surface area contributed by atoms with Crippen molar-refractivity contribution in [1.82, 2.24) is 24.3 Å². The lowest BCUT2D eigenvalue weighted by atomic mass is 9.99. The predicted octanol–water partition coefficient (Wildman–Crippen LogP) is 4.31. The smallest absolute Gasteiger partial charge is 0.475 e. The molecule has 0 bridgehead atoms. The Balaban J connectivity index is 0.000000617. The molecule has 2 N–H and O–H groups in total. The lowest BCUT2D eigenvalue weighted by Gasteiger charge is -2.24. The van der Waals surface area contributed by atoms with Gasteiger partial charge in [-0.2, -0.15) is 13.2 Å². The number of aromatic nitrogens is 3. The number of nitrogens with one attached hydrogen (secondary N) is 1. The van der Waals surface area contributed by atoms with E-state index in [-0.39, 0.29) is 23.9 Å². The topological polar surface area (TPSA) is 136 Å². The number of piperidine rings is 1. The van der Waals surface area contributed by atoms with Crippen LogP contribution in [-0.4, -0.2) is 81.4 Å². The molecule has 246 valence electrons. The molecular formula is C32H36F3N5O6. The van der Waals surface area contributed by atoms with Gasteiger partial charge >= 0.3 is 18.1 Å². The highest BCUT2D eigenvalue weighted by atomic mass is 19.4. The zero-order valence-electron chi connectivity index (χ0n) is 25.8. The van der Waals surface area contributed by atoms with Gasteiger partial charge in [-0.05, 0) is 70.0 Å². The summed E-state index contributed by atoms with van der Waals surface area (Å²) in [5, 5.41) is 11.4. The number of methoxy groups -OCH3 is 1. The predicted molar refractivity (Wildman–Crippen MR) is 165 cm³/mol. The molecule has 1 saturated heterocycles. The SMILES string of the molecule is CCN(CC)C(=O)Cn1cc(-c2nc3ccc(C(=O)OC)cc3n(CC3CCCNC3)c2=O)c2ccccc21.O=C(O)C(F)(F)F. The molecule has 1 amide bonds. The molecule has 2 aromatic heterocycles. The molecule has 4 aromatic rings. The lowest BCUT2D eigenvalue weighted by molar-refractivity contribution is -0.192. The standard InChI is InChI=1S/C30H35N5O4.C2HF3O2/c1-4-33(5-2)27(36)19-34-18-23(22-10-6-7-11-25(22)34)28-29(37)35(17-20-9-8-14-31-16-20)26-15-21(30(38)39-3)12-13-24(26)32-28;3-2(4,5)1(6)7/h6-7,10-13,15,18,20,31H,4-5,8-9,14,16-17,19H2,1-3H3;(H,6,7). The Hall–Kier alpha value is -4.72. The number of hydrogen-bond donors (Lipinski definition) is 2. The Morgan fingerprint density at radius 1 is 1.11 bits per heavy atom. The van der Waals surface area contributed by atoms with Crippen LogP contribution in [0.2, 0.25) is 0 Å². The minimum atomic E-state index is -5.08. The molecule has 0 radical (unpaired) electrons. The van der Waals surface area contributed by atoms with Gasteiger partial charge in [0, 0.05) is 42.3 Å². The van der Waals surface area contributed by atoms with Gasteiger partial charge in [-0.25, -0.2) is 14.6 Å². The van der Waals surface area contributed by atoms with Gasteiger partial charge in [0.25, 0.3) is 5.56 Å². The van der Waals surface area contributed by atoms with Crippen molar-refractivity contribution < 1.29 is 37.4 Å². The number of amides is 1. The molecule has 11 nitrogen and oxygen atoms in total. The molecule has 1 unspecified atom stereocenters. The maximum atomic E-state index is 14.2. The maximum Gasteiger partial charge on any atom is 0.490 e. The summed E-state index contributed by atoms with van der Waals surface area (Å²) in [6.45, 7) is 7.72. The van der Waals surface area contributed by atoms with E-state index in [1.807, 2.05) is 48.9 Å². The Morgan fingerprint density at radius 3 is 2.41 bits per heavy atom. The quantitative estimate of drug-likeness (QED) is 0.271. The molecule has 0 aliphatic carbocycles. The number of likely N-dealkylation sites (N-methyl/N-ethyl adjacent to an activating group) is 1. The number of benzene rings is 2. The first-order valence-corrected chi connectivity index (χ1v) is 14.9. The minimum Gasteiger partial charge on any atom is -0.475 e. The molecule has 14 heteroatoms. The third-order valence-electron chi connectivity index (χ3n) is 7.91. The van der Waals surface area contributed by atoms with Gasteiger partial charge in [0.2, 0.25) is 5.91 Å². The van der Waals surface area contributed by atoms with E-state index < -0.39 is 18.1 Å². The summed E-state index contributed by atoms with van der Waals surface area (Å²) < 4.78 is 40.3. The van der Waals surface area contributed by atoms with E-state index in [0.29, 0.717) is 47.5 Å². The van der Waals surface area contributed by atoms with Crippen molar-refractivity contribution >= 4 is 39.8 Å². The van der Waals surface area contributed by atoms with E-state index in [2.05, 4.69) is 5.32 Å². The Bertz CT molecular complexity index is 1790. The van der Waals surface area contributed by atoms with Crippen molar-refractivity contribution in [2.45, 2.75) is 46.0 Å². The van der Waals surface area contributed by atoms with Crippen molar-refractivity contribution in [3.63, 3.8) is 0 Å². The number of fused-ring (bicyclic) bond motifs is 2. The van der Waals surface area contributed by atoms with E-state index in [4.69, 9.17) is 19.6 Å². The number of para-hydroxylation sites is 1. The van der Waals surface area contributed by atoms with Crippen LogP contribution in [0.1, 0.15) is 37.0 Å². The van der Waals surface area contributed by atoms with Crippen LogP contribution in [0, 0.1) is 5.92 Å². The van der Waals surface area contributed by atoms with Crippen LogP contribution in [0.15, 0.2) is 53.5 Å². The zero-order chi connectivity index (χ0) is 33.6. The van der Waals surface area contributed by atoms with Crippen LogP contribution in [-0.2, 0) is 27.4 Å². The molecule has 1 atom stereocenters. The van der Waals surface area contributed by atoms with Crippen molar-refractivity contribution in [2.24, 2.45) is 5.92 Å². The second kappa shape index (κ2) is 14.6. The molecule has 0 saturated carbocycles. The van der Waals surface area contributed by atoms with Gasteiger partial charge in [-0.15, -0.1) is 0 Å². The number of nitrogens with zero attached hydrogens (tertiary/aromatic N) is 4. The molecule has 3 heterocycles. The lowest BCUT2D eigenvalue weighted by Crippen LogP contribution is -2.35. The largest absolute Gasteiger partial charge is 0.490 e. The number of esters is 1. The molecule has 1 aliphatic rings. The summed E-state index contributed by atoms with van der Waals surface area (Å²) in [5.74, 6) is -2.91. The summed E-state index contributed by atoms with van der Waals surface area (Å²) in [6, 6.07) is 12.9. The molecule has 0 spiro atoms. The van der Waals surface area contributed by atoms with Gasteiger partial charge in [-0.1, -0.05) is 18.2 Å². The van der Waals surface area contributed by atoms with Gasteiger partial charge in [0.1, 0.15) is 12.2 Å². The molecular weight excluding hydrogens is 607 g/mol. The van der Waals surface area contributed by atoms with Crippen LogP contribution < -0.4 is 10.9 Å². The number of carboxylic acids is 1. The Kier molecular flexibility index (Phi) is 10.8. The summed E-state index contributed by atoms with van der Waals surface area (Å²) in [5.41, 5.74) is 3.29. The van der Waals surface area contributed by atoms with Gasteiger partial charge in [0.05, 0.1) is 23.7 Å². The molecule has 2 aromatic carbocycles. The average Bonchev–Trinajstić information content (AvgIpc) is 3.40. The number of carbonyl (C=O) groups excluding carboxylic acids is 2. The third kappa shape index (κ3) is 7.56. The van der Waals surface area contributed by atoms with E-state index in [1.54, 1.807) is 27.7 Å². The number of rotatable bonds is 8. The highest BCUT2D eigenvalue weighted by Crippen LogP contribution is 2.30. The fourth-order valence-electron chi connectivity index (χ4n) is 5.57. The van der Waals surface area contributed by atoms with Crippen molar-refractivity contribution in [3.8, 4) is 11.3 Å². The number of carboxylic acid groups (broad SMARTS) is 1. The molecule has 1 fully saturated rings. The fourth-order valence-corrected chi connectivity index (χ4v) is 5.57. The van der Waals surface area contributed by atoms with E-state index >= 15 is 0 Å². The van der Waals surface area contributed by atoms with E-state index in [1.165, 1.54) is 7.11 Å². The molecule has 1 aliphatic heterocycles. The Labute approximate surface area is 262 Å². The highest BCUT2D eigenvalue weighted by molar-refractivity contribution is 5.97. The monoisotopic (exact) mass is 643 g/mol. The third-order valence-corrected chi connectivity index (χ3v) is 7.91. The Morgan fingerprint density at radius 2 is 1.80 bits per heavy atom. The first-order valence-electron chi connectivity index (χ1n) is 14.9. The van der Waals surface area contributed by atoms with Crippen LogP contribution in [0.25, 0.3) is 33.2 Å². The van der Waals surface area contributed by atoms with Gasteiger partial charge < -0.3 is 29.2 Å². The number of aliphatic carboxylic acids is 1. The number of ether oxygens (including phenoxy) is 1. The zero-order valence-corrected chi connectivity index (χ0v) is 25.8. The summed E-state index contributed by atoms with van der Waals surface area (Å²) >= 11 is 0. The van der Waals surface area contributed by atoms with Crippen molar-refractivity contribution in [3.05, 3.63) is 64.6 Å². The number of halogens is 3. The second-order valence-electron chi connectivity index (χ2n) is 10.8. The molecule has 46 heavy (non-hydrogen) atoms. The number of alkyl halides is 3. The first kappa shape index (κ1) is 34.2. The fraction of sp³-hybridized carbons (Fsp3) is 0.406. The number of carbonyl (C=O) groups is 3. The summed E-state index contributed by atoms with van der Waals surface area (Å²) in [7, 11) is 1.34. The number of hydrogen-bond acceptors (Lipinski definition) is 7. The first-order chi connectivity index (χ1) is 21.9. The van der Waals surface area contributed by atoms with Gasteiger partial charge in [-0.3, -0.25) is 9.59 Å². The van der Waals surface area contributed by atoms with Crippen molar-refractivity contribution in [2.75, 3.05) is 33.3 Å². The molecule has 5 rings (SSSR count). The second-order valence-corrected chi connectivity index (χ2v) is 10.8. The van der Waals surface area contributed by atoms with Crippen LogP contribution >= 0.6 is 0 Å². The van der Waals surface area contributed by atoms with E-state index in [0.717, 1.165) is 36.8 Å². The van der Waals surface area contributed by atoms with Crippen molar-refractivity contribution in [1.29, 1.82) is 0 Å². The summed E-state index contributed by atoms with van der Waals surface area (Å²) in [6.07, 6.45) is -1.14. The normalized spacial score (nSPS) is 14.9. The summed E-state index contributed by atoms with van der Waals surface area (Å²) in [4.78, 5) is 54.9. The van der Waals surface area contributed by atoms with Crippen LogP contribution in [0.3, 0.4) is 0 Å². The van der Waals surface area contributed by atoms with Crippen LogP contribution in [0.5, 0.6) is 0 Å². The highest BCUT2D eigenvalue weighted by Gasteiger charge is 2.38. The average molecular weight is 644 g/mol.